The van der Waals surface area contributed by atoms with Gasteiger partial charge in [-0.1, -0.05) is 0 Å². The minimum atomic E-state index is -0.496. The van der Waals surface area contributed by atoms with Gasteiger partial charge in [-0.25, -0.2) is 9.97 Å². The number of anilines is 1. The minimum absolute atomic E-state index is 0.496. The third-order valence-electron chi connectivity index (χ3n) is 4.24. The van der Waals surface area contributed by atoms with Crippen LogP contribution in [0.3, 0.4) is 0 Å². The van der Waals surface area contributed by atoms with Crippen molar-refractivity contribution < 1.29 is 5.11 Å². The van der Waals surface area contributed by atoms with Crippen molar-refractivity contribution in [3.05, 3.63) is 17.6 Å². The molecule has 1 fully saturated rings. The van der Waals surface area contributed by atoms with Crippen molar-refractivity contribution in [2.45, 2.75) is 51.0 Å². The van der Waals surface area contributed by atoms with Gasteiger partial charge < -0.3 is 10.0 Å². The standard InChI is InChI=1S/C14H21N3O/c1-14(18)6-8-17(9-7-14)13-11-4-2-3-5-12(11)15-10-16-13/h10,18H,2-9H2,1H3. The van der Waals surface area contributed by atoms with Gasteiger partial charge in [-0.3, -0.25) is 0 Å². The van der Waals surface area contributed by atoms with Crippen molar-refractivity contribution >= 4 is 5.82 Å². The van der Waals surface area contributed by atoms with Crippen molar-refractivity contribution in [3.63, 3.8) is 0 Å². The first kappa shape index (κ1) is 11.9. The second kappa shape index (κ2) is 4.50. The number of hydrogen-bond acceptors (Lipinski definition) is 4. The first-order chi connectivity index (χ1) is 8.66. The lowest BCUT2D eigenvalue weighted by molar-refractivity contribution is 0.0350. The van der Waals surface area contributed by atoms with Crippen molar-refractivity contribution in [3.8, 4) is 0 Å². The molecule has 18 heavy (non-hydrogen) atoms. The lowest BCUT2D eigenvalue weighted by Crippen LogP contribution is -2.43. The number of nitrogens with zero attached hydrogens (tertiary/aromatic N) is 3. The van der Waals surface area contributed by atoms with Crippen LogP contribution in [0.5, 0.6) is 0 Å². The van der Waals surface area contributed by atoms with Crippen LogP contribution in [0.4, 0.5) is 5.82 Å². The van der Waals surface area contributed by atoms with Crippen molar-refractivity contribution in [2.75, 3.05) is 18.0 Å². The fraction of sp³-hybridized carbons (Fsp3) is 0.714. The topological polar surface area (TPSA) is 49.2 Å². The Bertz CT molecular complexity index is 435. The Morgan fingerprint density at radius 2 is 1.89 bits per heavy atom. The van der Waals surface area contributed by atoms with E-state index in [0.29, 0.717) is 0 Å². The highest BCUT2D eigenvalue weighted by Crippen LogP contribution is 2.30. The zero-order valence-corrected chi connectivity index (χ0v) is 11.0. The summed E-state index contributed by atoms with van der Waals surface area (Å²) in [5.41, 5.74) is 2.10. The number of hydrogen-bond donors (Lipinski definition) is 1. The maximum atomic E-state index is 10.0. The first-order valence-electron chi connectivity index (χ1n) is 6.96. The second-order valence-corrected chi connectivity index (χ2v) is 5.81. The van der Waals surface area contributed by atoms with Gasteiger partial charge in [0.05, 0.1) is 5.60 Å². The highest BCUT2D eigenvalue weighted by atomic mass is 16.3. The molecule has 4 nitrogen and oxygen atoms in total. The van der Waals surface area contributed by atoms with E-state index in [4.69, 9.17) is 0 Å². The predicted octanol–water partition coefficient (Wildman–Crippen LogP) is 1.71. The van der Waals surface area contributed by atoms with Crippen LogP contribution < -0.4 is 4.90 Å². The number of fused-ring (bicyclic) bond motifs is 1. The molecule has 1 saturated heterocycles. The highest BCUT2D eigenvalue weighted by Gasteiger charge is 2.29. The summed E-state index contributed by atoms with van der Waals surface area (Å²) in [6.07, 6.45) is 8.05. The number of rotatable bonds is 1. The highest BCUT2D eigenvalue weighted by molar-refractivity contribution is 5.50. The summed E-state index contributed by atoms with van der Waals surface area (Å²) < 4.78 is 0. The molecule has 1 aromatic rings. The SMILES string of the molecule is CC1(O)CCN(c2ncnc3c2CCCC3)CC1. The van der Waals surface area contributed by atoms with E-state index in [9.17, 15) is 5.11 Å². The Kier molecular flexibility index (Phi) is 2.98. The molecule has 1 N–H and O–H groups in total. The number of aryl methyl sites for hydroxylation is 1. The van der Waals surface area contributed by atoms with Gasteiger partial charge in [-0.15, -0.1) is 0 Å². The Balaban J connectivity index is 1.85. The normalized spacial score (nSPS) is 22.7. The summed E-state index contributed by atoms with van der Waals surface area (Å²) in [6.45, 7) is 3.73. The average molecular weight is 247 g/mol. The summed E-state index contributed by atoms with van der Waals surface area (Å²) in [4.78, 5) is 11.2. The monoisotopic (exact) mass is 247 g/mol. The molecule has 0 unspecified atom stereocenters. The van der Waals surface area contributed by atoms with Crippen LogP contribution in [0.2, 0.25) is 0 Å². The van der Waals surface area contributed by atoms with E-state index < -0.39 is 5.60 Å². The summed E-state index contributed by atoms with van der Waals surface area (Å²) in [5.74, 6) is 1.12. The zero-order chi connectivity index (χ0) is 12.6. The zero-order valence-electron chi connectivity index (χ0n) is 11.0. The maximum absolute atomic E-state index is 10.0. The summed E-state index contributed by atoms with van der Waals surface area (Å²) >= 11 is 0. The first-order valence-corrected chi connectivity index (χ1v) is 6.96. The van der Waals surface area contributed by atoms with Gasteiger partial charge in [-0.05, 0) is 45.4 Å². The van der Waals surface area contributed by atoms with Gasteiger partial charge in [0.25, 0.3) is 0 Å². The van der Waals surface area contributed by atoms with Crippen molar-refractivity contribution in [1.82, 2.24) is 9.97 Å². The Morgan fingerprint density at radius 3 is 2.67 bits per heavy atom. The van der Waals surface area contributed by atoms with Crippen molar-refractivity contribution in [2.24, 2.45) is 0 Å². The van der Waals surface area contributed by atoms with Crippen LogP contribution >= 0.6 is 0 Å². The lowest BCUT2D eigenvalue weighted by atomic mass is 9.92. The molecule has 1 aliphatic heterocycles. The van der Waals surface area contributed by atoms with E-state index in [-0.39, 0.29) is 0 Å². The van der Waals surface area contributed by atoms with Crippen LogP contribution in [0.15, 0.2) is 6.33 Å². The Morgan fingerprint density at radius 1 is 1.17 bits per heavy atom. The summed E-state index contributed by atoms with van der Waals surface area (Å²) in [7, 11) is 0. The average Bonchev–Trinajstić information content (AvgIpc) is 2.38. The molecule has 0 atom stereocenters. The molecule has 1 aliphatic carbocycles. The number of aromatic nitrogens is 2. The summed E-state index contributed by atoms with van der Waals surface area (Å²) in [5, 5.41) is 10.0. The molecule has 0 aromatic carbocycles. The van der Waals surface area contributed by atoms with E-state index in [1.165, 1.54) is 24.1 Å². The fourth-order valence-electron chi connectivity index (χ4n) is 2.98. The van der Waals surface area contributed by atoms with Gasteiger partial charge in [0.2, 0.25) is 0 Å². The molecule has 0 bridgehead atoms. The van der Waals surface area contributed by atoms with E-state index in [0.717, 1.165) is 44.6 Å². The molecule has 0 spiro atoms. The molecule has 0 radical (unpaired) electrons. The van der Waals surface area contributed by atoms with E-state index >= 15 is 0 Å². The van der Waals surface area contributed by atoms with Crippen LogP contribution in [-0.4, -0.2) is 33.8 Å². The minimum Gasteiger partial charge on any atom is -0.390 e. The molecule has 2 heterocycles. The second-order valence-electron chi connectivity index (χ2n) is 5.81. The molecular formula is C14H21N3O. The van der Waals surface area contributed by atoms with Gasteiger partial charge in [0.15, 0.2) is 0 Å². The molecule has 2 aliphatic rings. The van der Waals surface area contributed by atoms with Crippen LogP contribution in [-0.2, 0) is 12.8 Å². The Hall–Kier alpha value is -1.16. The maximum Gasteiger partial charge on any atom is 0.135 e. The Labute approximate surface area is 108 Å². The quantitative estimate of drug-likeness (QED) is 0.820. The van der Waals surface area contributed by atoms with E-state index in [2.05, 4.69) is 14.9 Å². The van der Waals surface area contributed by atoms with Crippen LogP contribution in [0.25, 0.3) is 0 Å². The number of piperidine rings is 1. The largest absolute Gasteiger partial charge is 0.390 e. The molecule has 1 aromatic heterocycles. The smallest absolute Gasteiger partial charge is 0.135 e. The molecule has 98 valence electrons. The van der Waals surface area contributed by atoms with Gasteiger partial charge >= 0.3 is 0 Å². The number of aliphatic hydroxyl groups is 1. The van der Waals surface area contributed by atoms with E-state index in [1.54, 1.807) is 6.33 Å². The van der Waals surface area contributed by atoms with Crippen LogP contribution in [0.1, 0.15) is 43.9 Å². The van der Waals surface area contributed by atoms with Gasteiger partial charge in [-0.2, -0.15) is 0 Å². The third kappa shape index (κ3) is 2.21. The van der Waals surface area contributed by atoms with Gasteiger partial charge in [0.1, 0.15) is 12.1 Å². The molecule has 4 heteroatoms. The molecule has 0 saturated carbocycles. The van der Waals surface area contributed by atoms with Gasteiger partial charge in [0, 0.05) is 24.3 Å². The molecule has 3 rings (SSSR count). The third-order valence-corrected chi connectivity index (χ3v) is 4.24. The van der Waals surface area contributed by atoms with E-state index in [1.807, 2.05) is 6.92 Å². The molecular weight excluding hydrogens is 226 g/mol. The van der Waals surface area contributed by atoms with Crippen molar-refractivity contribution in [1.29, 1.82) is 0 Å². The summed E-state index contributed by atoms with van der Waals surface area (Å²) in [6, 6.07) is 0. The predicted molar refractivity (Wildman–Crippen MR) is 70.7 cm³/mol. The lowest BCUT2D eigenvalue weighted by Gasteiger charge is -2.37. The molecule has 0 amide bonds. The fourth-order valence-corrected chi connectivity index (χ4v) is 2.98. The van der Waals surface area contributed by atoms with Crippen LogP contribution in [0, 0.1) is 0 Å².